The Morgan fingerprint density at radius 2 is 1.72 bits per heavy atom. The predicted octanol–water partition coefficient (Wildman–Crippen LogP) is -0.504. The normalized spacial score (nSPS) is 14.0. The lowest BCUT2D eigenvalue weighted by Crippen LogP contribution is -2.55. The number of carbonyl (C=O) groups is 4. The van der Waals surface area contributed by atoms with Crippen molar-refractivity contribution in [1.82, 2.24) is 15.6 Å². The van der Waals surface area contributed by atoms with Crippen LogP contribution >= 0.6 is 12.6 Å². The fourth-order valence-electron chi connectivity index (χ4n) is 2.75. The van der Waals surface area contributed by atoms with Gasteiger partial charge in [-0.1, -0.05) is 18.2 Å². The number of fused-ring (bicyclic) bond motifs is 1. The maximum Gasteiger partial charge on any atom is 0.327 e. The minimum Gasteiger partial charge on any atom is -0.481 e. The topological polar surface area (TPSA) is 175 Å². The number of carboxylic acid groups (broad SMARTS) is 2. The Balaban J connectivity index is 2.07. The minimum atomic E-state index is -1.48. The number of H-pyrrole nitrogens is 1. The third-order valence-electron chi connectivity index (χ3n) is 4.26. The molecule has 10 nitrogen and oxygen atoms in total. The summed E-state index contributed by atoms with van der Waals surface area (Å²) in [6, 6.07) is 3.61. The fourth-order valence-corrected chi connectivity index (χ4v) is 3.00. The van der Waals surface area contributed by atoms with Gasteiger partial charge in [-0.05, 0) is 18.1 Å². The number of carboxylic acids is 2. The number of aliphatic carboxylic acids is 2. The van der Waals surface area contributed by atoms with E-state index in [-0.39, 0.29) is 12.2 Å². The second kappa shape index (κ2) is 9.94. The molecule has 1 aromatic carbocycles. The lowest BCUT2D eigenvalue weighted by Gasteiger charge is -2.21. The van der Waals surface area contributed by atoms with Crippen LogP contribution in [0.4, 0.5) is 0 Å². The van der Waals surface area contributed by atoms with E-state index >= 15 is 0 Å². The average molecular weight is 422 g/mol. The molecule has 0 spiro atoms. The summed E-state index contributed by atoms with van der Waals surface area (Å²) < 4.78 is 0. The number of nitrogens with one attached hydrogen (secondary N) is 3. The molecule has 1 aromatic heterocycles. The van der Waals surface area contributed by atoms with Crippen LogP contribution in [0.3, 0.4) is 0 Å². The van der Waals surface area contributed by atoms with Crippen molar-refractivity contribution in [2.75, 3.05) is 5.75 Å². The largest absolute Gasteiger partial charge is 0.481 e. The van der Waals surface area contributed by atoms with E-state index in [1.807, 2.05) is 24.3 Å². The summed E-state index contributed by atoms with van der Waals surface area (Å²) >= 11 is 3.83. The van der Waals surface area contributed by atoms with Crippen LogP contribution in [-0.2, 0) is 25.6 Å². The van der Waals surface area contributed by atoms with Gasteiger partial charge in [0.25, 0.3) is 0 Å². The lowest BCUT2D eigenvalue weighted by atomic mass is 10.0. The molecule has 0 aliphatic carbocycles. The molecule has 0 bridgehead atoms. The van der Waals surface area contributed by atoms with E-state index in [1.54, 1.807) is 6.20 Å². The molecular weight excluding hydrogens is 400 g/mol. The number of nitrogens with two attached hydrogens (primary N) is 1. The van der Waals surface area contributed by atoms with Crippen LogP contribution in [0.25, 0.3) is 10.9 Å². The van der Waals surface area contributed by atoms with Gasteiger partial charge in [-0.25, -0.2) is 4.79 Å². The highest BCUT2D eigenvalue weighted by Crippen LogP contribution is 2.18. The third-order valence-corrected chi connectivity index (χ3v) is 4.63. The van der Waals surface area contributed by atoms with Gasteiger partial charge in [-0.15, -0.1) is 0 Å². The standard InChI is InChI=1S/C18H22N4O6S/c19-11(5-9-7-20-12-4-2-1-3-10(9)12)16(25)21-13(6-15(23)24)17(26)22-14(8-29)18(27)28/h1-4,7,11,13-14,20,29H,5-6,8,19H2,(H,21,25)(H,22,26)(H,23,24)(H,27,28)/t11-,13-,14-/m0/s1. The zero-order valence-corrected chi connectivity index (χ0v) is 16.2. The first-order chi connectivity index (χ1) is 13.7. The maximum atomic E-state index is 12.4. The van der Waals surface area contributed by atoms with Gasteiger partial charge >= 0.3 is 11.9 Å². The van der Waals surface area contributed by atoms with Crippen LogP contribution in [0, 0.1) is 0 Å². The molecule has 2 rings (SSSR count). The number of rotatable bonds is 10. The minimum absolute atomic E-state index is 0.158. The number of thiol groups is 1. The molecule has 156 valence electrons. The summed E-state index contributed by atoms with van der Waals surface area (Å²) in [7, 11) is 0. The van der Waals surface area contributed by atoms with Crippen LogP contribution in [0.5, 0.6) is 0 Å². The smallest absolute Gasteiger partial charge is 0.327 e. The molecule has 0 saturated heterocycles. The number of aromatic nitrogens is 1. The zero-order valence-electron chi connectivity index (χ0n) is 15.3. The van der Waals surface area contributed by atoms with Gasteiger partial charge in [0.05, 0.1) is 12.5 Å². The van der Waals surface area contributed by atoms with Gasteiger partial charge in [-0.2, -0.15) is 12.6 Å². The second-order valence-electron chi connectivity index (χ2n) is 6.41. The average Bonchev–Trinajstić information content (AvgIpc) is 3.07. The van der Waals surface area contributed by atoms with E-state index in [0.29, 0.717) is 0 Å². The van der Waals surface area contributed by atoms with Crippen LogP contribution < -0.4 is 16.4 Å². The van der Waals surface area contributed by atoms with E-state index in [4.69, 9.17) is 15.9 Å². The number of amides is 2. The van der Waals surface area contributed by atoms with Gasteiger partial charge in [0, 0.05) is 22.9 Å². The lowest BCUT2D eigenvalue weighted by molar-refractivity contribution is -0.143. The van der Waals surface area contributed by atoms with Crippen molar-refractivity contribution in [3.63, 3.8) is 0 Å². The van der Waals surface area contributed by atoms with Crippen LogP contribution in [0.15, 0.2) is 30.5 Å². The fraction of sp³-hybridized carbons (Fsp3) is 0.333. The summed E-state index contributed by atoms with van der Waals surface area (Å²) in [5.74, 6) is -4.54. The number of benzene rings is 1. The first kappa shape index (κ1) is 22.2. The van der Waals surface area contributed by atoms with Crippen molar-refractivity contribution >= 4 is 47.3 Å². The predicted molar refractivity (Wildman–Crippen MR) is 108 cm³/mol. The van der Waals surface area contributed by atoms with E-state index in [1.165, 1.54) is 0 Å². The van der Waals surface area contributed by atoms with Crippen LogP contribution in [0.1, 0.15) is 12.0 Å². The van der Waals surface area contributed by atoms with Crippen molar-refractivity contribution in [3.8, 4) is 0 Å². The number of carbonyl (C=O) groups excluding carboxylic acids is 2. The number of para-hydroxylation sites is 1. The summed E-state index contributed by atoms with van der Waals surface area (Å²) in [4.78, 5) is 49.9. The highest BCUT2D eigenvalue weighted by Gasteiger charge is 2.29. The molecule has 2 aromatic rings. The van der Waals surface area contributed by atoms with Gasteiger partial charge < -0.3 is 31.6 Å². The Morgan fingerprint density at radius 1 is 1.07 bits per heavy atom. The number of hydrogen-bond acceptors (Lipinski definition) is 6. The molecule has 0 saturated carbocycles. The van der Waals surface area contributed by atoms with Gasteiger partial charge in [0.2, 0.25) is 11.8 Å². The van der Waals surface area contributed by atoms with E-state index in [2.05, 4.69) is 28.2 Å². The quantitative estimate of drug-likeness (QED) is 0.252. The molecule has 0 radical (unpaired) electrons. The molecule has 2 amide bonds. The molecule has 0 aliphatic rings. The molecular formula is C18H22N4O6S. The summed E-state index contributed by atoms with van der Waals surface area (Å²) in [5, 5.41) is 23.3. The number of hydrogen-bond donors (Lipinski definition) is 7. The van der Waals surface area contributed by atoms with Crippen molar-refractivity contribution in [1.29, 1.82) is 0 Å². The SMILES string of the molecule is N[C@@H](Cc1c[nH]c2ccccc12)C(=O)N[C@@H](CC(=O)O)C(=O)N[C@@H](CS)C(=O)O. The summed E-state index contributed by atoms with van der Waals surface area (Å²) in [6.07, 6.45) is 1.16. The highest BCUT2D eigenvalue weighted by atomic mass is 32.1. The van der Waals surface area contributed by atoms with Crippen molar-refractivity contribution < 1.29 is 29.4 Å². The Morgan fingerprint density at radius 3 is 2.34 bits per heavy atom. The van der Waals surface area contributed by atoms with Crippen LogP contribution in [-0.4, -0.2) is 62.8 Å². The van der Waals surface area contributed by atoms with E-state index < -0.39 is 48.3 Å². The van der Waals surface area contributed by atoms with Crippen molar-refractivity contribution in [2.45, 2.75) is 31.0 Å². The van der Waals surface area contributed by atoms with Crippen molar-refractivity contribution in [3.05, 3.63) is 36.0 Å². The Bertz CT molecular complexity index is 915. The molecule has 0 aliphatic heterocycles. The van der Waals surface area contributed by atoms with E-state index in [0.717, 1.165) is 16.5 Å². The summed E-state index contributed by atoms with van der Waals surface area (Å²) in [5.41, 5.74) is 7.62. The molecule has 0 fully saturated rings. The number of aromatic amines is 1. The van der Waals surface area contributed by atoms with Crippen molar-refractivity contribution in [2.24, 2.45) is 5.73 Å². The molecule has 0 unspecified atom stereocenters. The molecule has 7 N–H and O–H groups in total. The molecule has 3 atom stereocenters. The molecule has 1 heterocycles. The Labute approximate surface area is 171 Å². The Kier molecular flexibility index (Phi) is 7.62. The monoisotopic (exact) mass is 422 g/mol. The van der Waals surface area contributed by atoms with Gasteiger partial charge in [0.1, 0.15) is 12.1 Å². The maximum absolute atomic E-state index is 12.4. The van der Waals surface area contributed by atoms with E-state index in [9.17, 15) is 19.2 Å². The highest BCUT2D eigenvalue weighted by molar-refractivity contribution is 7.80. The Hall–Kier alpha value is -3.05. The molecule has 29 heavy (non-hydrogen) atoms. The first-order valence-electron chi connectivity index (χ1n) is 8.69. The third kappa shape index (κ3) is 5.96. The summed E-state index contributed by atoms with van der Waals surface area (Å²) in [6.45, 7) is 0. The zero-order chi connectivity index (χ0) is 21.6. The second-order valence-corrected chi connectivity index (χ2v) is 6.78. The van der Waals surface area contributed by atoms with Crippen LogP contribution in [0.2, 0.25) is 0 Å². The van der Waals surface area contributed by atoms with Gasteiger partial charge in [0.15, 0.2) is 0 Å². The van der Waals surface area contributed by atoms with Gasteiger partial charge in [-0.3, -0.25) is 14.4 Å². The molecule has 11 heteroatoms. The first-order valence-corrected chi connectivity index (χ1v) is 9.33.